The third-order valence-electron chi connectivity index (χ3n) is 7.43. The van der Waals surface area contributed by atoms with Gasteiger partial charge in [0, 0.05) is 39.5 Å². The van der Waals surface area contributed by atoms with Crippen LogP contribution in [0.2, 0.25) is 0 Å². The molecular formula is C36H32N8. The third kappa shape index (κ3) is 6.39. The summed E-state index contributed by atoms with van der Waals surface area (Å²) in [5, 5.41) is 34.8. The van der Waals surface area contributed by atoms with E-state index in [4.69, 9.17) is 10.2 Å². The summed E-state index contributed by atoms with van der Waals surface area (Å²) in [6.45, 7) is 6.34. The van der Waals surface area contributed by atoms with Crippen molar-refractivity contribution in [1.29, 1.82) is 0 Å². The Bertz CT molecular complexity index is 2010. The zero-order valence-electron chi connectivity index (χ0n) is 24.9. The van der Waals surface area contributed by atoms with Crippen molar-refractivity contribution < 1.29 is 0 Å². The minimum absolute atomic E-state index is 0.380. The molecule has 0 spiro atoms. The van der Waals surface area contributed by atoms with Gasteiger partial charge in [-0.1, -0.05) is 55.5 Å². The van der Waals surface area contributed by atoms with Crippen LogP contribution < -0.4 is 5.32 Å². The maximum Gasteiger partial charge on any atom is 0.104 e. The van der Waals surface area contributed by atoms with E-state index in [-0.39, 0.29) is 0 Å². The van der Waals surface area contributed by atoms with Crippen LogP contribution in [0.5, 0.6) is 0 Å². The van der Waals surface area contributed by atoms with E-state index in [2.05, 4.69) is 68.9 Å². The Balaban J connectivity index is 1.26. The quantitative estimate of drug-likeness (QED) is 0.173. The predicted octanol–water partition coefficient (Wildman–Crippen LogP) is 12.2. The molecule has 1 unspecified atom stereocenters. The Morgan fingerprint density at radius 3 is 1.75 bits per heavy atom. The minimum Gasteiger partial charge on any atom is -0.382 e. The molecule has 5 aromatic carbocycles. The molecular weight excluding hydrogens is 544 g/mol. The van der Waals surface area contributed by atoms with Crippen LogP contribution in [0.15, 0.2) is 146 Å². The summed E-state index contributed by atoms with van der Waals surface area (Å²) in [4.78, 5) is 4.07. The van der Waals surface area contributed by atoms with Gasteiger partial charge in [0.05, 0.1) is 34.6 Å². The molecule has 0 bridgehead atoms. The number of aromatic nitrogens is 1. The molecule has 1 heterocycles. The van der Waals surface area contributed by atoms with Crippen LogP contribution in [0.4, 0.5) is 39.8 Å². The lowest BCUT2D eigenvalue weighted by atomic mass is 10.1. The molecule has 44 heavy (non-hydrogen) atoms. The second kappa shape index (κ2) is 13.1. The number of anilines is 1. The van der Waals surface area contributed by atoms with Gasteiger partial charge in [0.1, 0.15) is 5.69 Å². The van der Waals surface area contributed by atoms with E-state index in [0.717, 1.165) is 67.7 Å². The van der Waals surface area contributed by atoms with E-state index in [0.29, 0.717) is 11.7 Å². The van der Waals surface area contributed by atoms with Gasteiger partial charge in [-0.15, -0.1) is 20.5 Å². The molecule has 0 fully saturated rings. The number of rotatable bonds is 9. The number of hydrogen-bond donors (Lipinski definition) is 1. The summed E-state index contributed by atoms with van der Waals surface area (Å²) < 4.78 is 0. The molecule has 0 saturated carbocycles. The Hall–Kier alpha value is -5.63. The second-order valence-corrected chi connectivity index (χ2v) is 10.6. The fourth-order valence-electron chi connectivity index (χ4n) is 4.86. The van der Waals surface area contributed by atoms with Crippen molar-refractivity contribution in [2.45, 2.75) is 33.2 Å². The highest BCUT2D eigenvalue weighted by Crippen LogP contribution is 2.37. The first-order valence-corrected chi connectivity index (χ1v) is 14.6. The average Bonchev–Trinajstić information content (AvgIpc) is 3.07. The van der Waals surface area contributed by atoms with Gasteiger partial charge < -0.3 is 5.32 Å². The van der Waals surface area contributed by atoms with E-state index < -0.39 is 0 Å². The van der Waals surface area contributed by atoms with E-state index >= 15 is 0 Å². The molecule has 6 aromatic rings. The molecule has 1 atom stereocenters. The highest BCUT2D eigenvalue weighted by atomic mass is 15.1. The van der Waals surface area contributed by atoms with Gasteiger partial charge in [0.15, 0.2) is 0 Å². The van der Waals surface area contributed by atoms with Gasteiger partial charge >= 0.3 is 0 Å². The topological polar surface area (TPSA) is 99.1 Å². The first-order chi connectivity index (χ1) is 21.6. The van der Waals surface area contributed by atoms with Gasteiger partial charge in [-0.2, -0.15) is 10.2 Å². The maximum atomic E-state index is 4.69. The lowest BCUT2D eigenvalue weighted by molar-refractivity contribution is 0.765. The fourth-order valence-corrected chi connectivity index (χ4v) is 4.86. The van der Waals surface area contributed by atoms with Crippen LogP contribution in [-0.2, 0) is 0 Å². The molecule has 0 aliphatic heterocycles. The summed E-state index contributed by atoms with van der Waals surface area (Å²) in [5.41, 5.74) is 6.59. The normalized spacial score (nSPS) is 12.6. The van der Waals surface area contributed by atoms with Crippen LogP contribution in [0, 0.1) is 6.92 Å². The number of hydrogen-bond acceptors (Lipinski definition) is 8. The van der Waals surface area contributed by atoms with Crippen LogP contribution in [0.1, 0.15) is 25.8 Å². The predicted molar refractivity (Wildman–Crippen MR) is 179 cm³/mol. The zero-order chi connectivity index (χ0) is 30.3. The monoisotopic (exact) mass is 576 g/mol. The van der Waals surface area contributed by atoms with Crippen molar-refractivity contribution in [2.75, 3.05) is 5.32 Å². The van der Waals surface area contributed by atoms with E-state index in [9.17, 15) is 0 Å². The molecule has 0 aliphatic rings. The standard InChI is InChI=1S/C36H32N8/c1-4-25(3)38-33-17-18-35(29-12-6-5-11-28(29)33)43-44-36-20-19-34(30-13-7-8-14-31(30)36)42-39-26-15-16-32(24(2)22-26)41-40-27-10-9-21-37-23-27/h5-23,25,38H,4H2,1-3H3. The largest absolute Gasteiger partial charge is 0.382 e. The maximum absolute atomic E-state index is 4.69. The summed E-state index contributed by atoms with van der Waals surface area (Å²) in [5.74, 6) is 0. The lowest BCUT2D eigenvalue weighted by Gasteiger charge is -2.15. The first kappa shape index (κ1) is 28.5. The van der Waals surface area contributed by atoms with Crippen molar-refractivity contribution in [3.63, 3.8) is 0 Å². The summed E-state index contributed by atoms with van der Waals surface area (Å²) in [6.07, 6.45) is 4.42. The SMILES string of the molecule is CCC(C)Nc1ccc(N=Nc2ccc(N=Nc3ccc(N=Nc4cccnc4)c(C)c3)c3ccccc23)c2ccccc12. The molecule has 0 radical (unpaired) electrons. The van der Waals surface area contributed by atoms with Crippen LogP contribution in [0.3, 0.4) is 0 Å². The molecule has 6 rings (SSSR count). The van der Waals surface area contributed by atoms with Gasteiger partial charge in [0.25, 0.3) is 0 Å². The Labute approximate surface area is 256 Å². The second-order valence-electron chi connectivity index (χ2n) is 10.6. The molecule has 216 valence electrons. The number of pyridine rings is 1. The summed E-state index contributed by atoms with van der Waals surface area (Å²) >= 11 is 0. The van der Waals surface area contributed by atoms with Crippen LogP contribution in [0.25, 0.3) is 21.5 Å². The molecule has 8 heteroatoms. The lowest BCUT2D eigenvalue weighted by Crippen LogP contribution is -2.13. The minimum atomic E-state index is 0.380. The van der Waals surface area contributed by atoms with Crippen molar-refractivity contribution >= 4 is 61.4 Å². The van der Waals surface area contributed by atoms with E-state index in [1.165, 1.54) is 0 Å². The number of fused-ring (bicyclic) bond motifs is 2. The average molecular weight is 577 g/mol. The van der Waals surface area contributed by atoms with Gasteiger partial charge in [0.2, 0.25) is 0 Å². The van der Waals surface area contributed by atoms with Crippen LogP contribution in [-0.4, -0.2) is 11.0 Å². The smallest absolute Gasteiger partial charge is 0.104 e. The van der Waals surface area contributed by atoms with Gasteiger partial charge in [-0.25, -0.2) is 0 Å². The van der Waals surface area contributed by atoms with Crippen LogP contribution >= 0.6 is 0 Å². The molecule has 0 aliphatic carbocycles. The number of nitrogens with one attached hydrogen (secondary N) is 1. The molecule has 0 saturated heterocycles. The van der Waals surface area contributed by atoms with E-state index in [1.54, 1.807) is 12.4 Å². The Morgan fingerprint density at radius 1 is 0.591 bits per heavy atom. The van der Waals surface area contributed by atoms with Crippen molar-refractivity contribution in [1.82, 2.24) is 4.98 Å². The zero-order valence-corrected chi connectivity index (χ0v) is 24.9. The number of benzene rings is 5. The van der Waals surface area contributed by atoms with Crippen molar-refractivity contribution in [3.8, 4) is 0 Å². The van der Waals surface area contributed by atoms with Gasteiger partial charge in [-0.05, 0) is 80.4 Å². The Kier molecular flexibility index (Phi) is 8.50. The first-order valence-electron chi connectivity index (χ1n) is 14.6. The highest BCUT2D eigenvalue weighted by molar-refractivity contribution is 6.01. The highest BCUT2D eigenvalue weighted by Gasteiger charge is 2.09. The van der Waals surface area contributed by atoms with Crippen molar-refractivity contribution in [3.05, 3.63) is 121 Å². The molecule has 1 N–H and O–H groups in total. The van der Waals surface area contributed by atoms with E-state index in [1.807, 2.05) is 85.8 Å². The molecule has 1 aromatic heterocycles. The summed E-state index contributed by atoms with van der Waals surface area (Å²) in [6, 6.07) is 34.1. The fraction of sp³-hybridized carbons (Fsp3) is 0.139. The number of azo groups is 3. The van der Waals surface area contributed by atoms with Crippen molar-refractivity contribution in [2.24, 2.45) is 30.7 Å². The summed E-state index contributed by atoms with van der Waals surface area (Å²) in [7, 11) is 0. The molecule has 0 amide bonds. The van der Waals surface area contributed by atoms with Gasteiger partial charge in [-0.3, -0.25) is 4.98 Å². The third-order valence-corrected chi connectivity index (χ3v) is 7.43. The number of nitrogens with zero attached hydrogens (tertiary/aromatic N) is 7. The molecule has 8 nitrogen and oxygen atoms in total. The number of aryl methyl sites for hydroxylation is 1. The Morgan fingerprint density at radius 2 is 1.14 bits per heavy atom.